The fraction of sp³-hybridized carbons (Fsp3) is 0.529. The van der Waals surface area contributed by atoms with Crippen molar-refractivity contribution in [3.8, 4) is 5.75 Å². The maximum Gasteiger partial charge on any atom is 0.329 e. The van der Waals surface area contributed by atoms with Crippen molar-refractivity contribution in [1.29, 1.82) is 0 Å². The van der Waals surface area contributed by atoms with Gasteiger partial charge in [0, 0.05) is 7.05 Å². The first-order valence-electron chi connectivity index (χ1n) is 7.73. The fourth-order valence-corrected chi connectivity index (χ4v) is 3.18. The van der Waals surface area contributed by atoms with Crippen LogP contribution in [-0.4, -0.2) is 41.6 Å². The van der Waals surface area contributed by atoms with E-state index in [1.165, 1.54) is 31.2 Å². The molecule has 0 heterocycles. The van der Waals surface area contributed by atoms with Crippen molar-refractivity contribution in [2.24, 2.45) is 0 Å². The molecule has 1 saturated carbocycles. The molecule has 1 aliphatic rings. The zero-order valence-corrected chi connectivity index (χ0v) is 13.5. The van der Waals surface area contributed by atoms with Gasteiger partial charge >= 0.3 is 5.97 Å². The number of ether oxygens (including phenoxy) is 1. The molecule has 1 aromatic carbocycles. The Hall–Kier alpha value is -2.11. The molecule has 2 rings (SSSR count). The van der Waals surface area contributed by atoms with E-state index in [-0.39, 0.29) is 18.1 Å². The normalized spacial score (nSPS) is 16.7. The van der Waals surface area contributed by atoms with Gasteiger partial charge < -0.3 is 14.7 Å². The van der Waals surface area contributed by atoms with E-state index < -0.39 is 17.3 Å². The second-order valence-electron chi connectivity index (χ2n) is 6.00. The summed E-state index contributed by atoms with van der Waals surface area (Å²) in [5, 5.41) is 9.62. The van der Waals surface area contributed by atoms with E-state index in [0.29, 0.717) is 18.4 Å². The zero-order chi connectivity index (χ0) is 17.0. The smallest absolute Gasteiger partial charge is 0.329 e. The van der Waals surface area contributed by atoms with Crippen molar-refractivity contribution < 1.29 is 23.8 Å². The molecule has 6 heteroatoms. The minimum Gasteiger partial charge on any atom is -0.494 e. The number of nitrogens with zero attached hydrogens (tertiary/aromatic N) is 1. The van der Waals surface area contributed by atoms with E-state index in [0.717, 1.165) is 19.3 Å². The summed E-state index contributed by atoms with van der Waals surface area (Å²) < 4.78 is 18.6. The van der Waals surface area contributed by atoms with Crippen LogP contribution in [0.3, 0.4) is 0 Å². The highest BCUT2D eigenvalue weighted by Crippen LogP contribution is 2.33. The Morgan fingerprint density at radius 1 is 1.30 bits per heavy atom. The molecule has 0 radical (unpaired) electrons. The lowest BCUT2D eigenvalue weighted by molar-refractivity contribution is -0.160. The minimum atomic E-state index is -1.14. The topological polar surface area (TPSA) is 66.8 Å². The Kier molecular flexibility index (Phi) is 5.23. The summed E-state index contributed by atoms with van der Waals surface area (Å²) >= 11 is 0. The molecule has 0 unspecified atom stereocenters. The number of carbonyl (C=O) groups is 2. The number of halogens is 1. The number of likely N-dealkylation sites (N-methyl/N-ethyl adjacent to an activating group) is 1. The molecule has 0 saturated heterocycles. The maximum atomic E-state index is 13.7. The lowest BCUT2D eigenvalue weighted by Crippen LogP contribution is -2.56. The summed E-state index contributed by atoms with van der Waals surface area (Å²) in [5.41, 5.74) is -0.642. The summed E-state index contributed by atoms with van der Waals surface area (Å²) in [6.07, 6.45) is 3.46. The molecule has 1 N–H and O–H groups in total. The van der Waals surface area contributed by atoms with Gasteiger partial charge in [0.15, 0.2) is 11.6 Å². The Balaban J connectivity index is 2.15. The molecule has 23 heavy (non-hydrogen) atoms. The molecular formula is C17H22FNO4. The van der Waals surface area contributed by atoms with Crippen LogP contribution in [0.15, 0.2) is 18.2 Å². The van der Waals surface area contributed by atoms with Crippen LogP contribution in [0.1, 0.15) is 37.7 Å². The standard InChI is InChI=1S/C17H22FNO4/c1-19(17(16(21)22)8-4-3-5-9-17)15(20)11-12-6-7-14(23-2)13(18)10-12/h6-7,10H,3-5,8-9,11H2,1-2H3,(H,21,22). The molecule has 0 spiro atoms. The summed E-state index contributed by atoms with van der Waals surface area (Å²) in [6.45, 7) is 0. The number of benzene rings is 1. The number of methoxy groups -OCH3 is 1. The second-order valence-corrected chi connectivity index (χ2v) is 6.00. The minimum absolute atomic E-state index is 0.0353. The van der Waals surface area contributed by atoms with E-state index in [2.05, 4.69) is 0 Å². The van der Waals surface area contributed by atoms with Crippen molar-refractivity contribution in [2.45, 2.75) is 44.1 Å². The number of carbonyl (C=O) groups excluding carboxylic acids is 1. The molecule has 126 valence electrons. The third kappa shape index (κ3) is 3.46. The van der Waals surface area contributed by atoms with Crippen LogP contribution in [0, 0.1) is 5.82 Å². The monoisotopic (exact) mass is 323 g/mol. The highest BCUT2D eigenvalue weighted by atomic mass is 19.1. The van der Waals surface area contributed by atoms with Crippen molar-refractivity contribution in [1.82, 2.24) is 4.90 Å². The SMILES string of the molecule is COc1ccc(CC(=O)N(C)C2(C(=O)O)CCCCC2)cc1F. The molecule has 1 aromatic rings. The van der Waals surface area contributed by atoms with Crippen LogP contribution in [0.25, 0.3) is 0 Å². The van der Waals surface area contributed by atoms with Crippen LogP contribution in [0.2, 0.25) is 0 Å². The highest BCUT2D eigenvalue weighted by molar-refractivity contribution is 5.88. The predicted molar refractivity (Wildman–Crippen MR) is 82.9 cm³/mol. The summed E-state index contributed by atoms with van der Waals surface area (Å²) in [5.74, 6) is -1.71. The average Bonchev–Trinajstić information content (AvgIpc) is 2.54. The van der Waals surface area contributed by atoms with Gasteiger partial charge in [-0.2, -0.15) is 0 Å². The largest absolute Gasteiger partial charge is 0.494 e. The van der Waals surface area contributed by atoms with Crippen LogP contribution >= 0.6 is 0 Å². The van der Waals surface area contributed by atoms with E-state index >= 15 is 0 Å². The Bertz CT molecular complexity index is 596. The van der Waals surface area contributed by atoms with Gasteiger partial charge in [0.2, 0.25) is 5.91 Å². The van der Waals surface area contributed by atoms with Gasteiger partial charge in [-0.15, -0.1) is 0 Å². The molecule has 0 atom stereocenters. The Labute approximate surface area is 135 Å². The van der Waals surface area contributed by atoms with Crippen molar-refractivity contribution in [3.63, 3.8) is 0 Å². The number of hydrogen-bond acceptors (Lipinski definition) is 3. The van der Waals surface area contributed by atoms with Crippen molar-refractivity contribution in [3.05, 3.63) is 29.6 Å². The van der Waals surface area contributed by atoms with Crippen molar-refractivity contribution >= 4 is 11.9 Å². The van der Waals surface area contributed by atoms with E-state index in [1.54, 1.807) is 6.07 Å². The number of carboxylic acid groups (broad SMARTS) is 1. The average molecular weight is 323 g/mol. The van der Waals surface area contributed by atoms with Crippen LogP contribution in [0.4, 0.5) is 4.39 Å². The lowest BCUT2D eigenvalue weighted by Gasteiger charge is -2.41. The van der Waals surface area contributed by atoms with Gasteiger partial charge in [-0.25, -0.2) is 9.18 Å². The first-order valence-corrected chi connectivity index (χ1v) is 7.73. The van der Waals surface area contributed by atoms with Gasteiger partial charge in [-0.3, -0.25) is 4.79 Å². The number of rotatable bonds is 5. The van der Waals surface area contributed by atoms with Crippen LogP contribution in [-0.2, 0) is 16.0 Å². The number of hydrogen-bond donors (Lipinski definition) is 1. The first-order chi connectivity index (χ1) is 10.9. The molecular weight excluding hydrogens is 301 g/mol. The van der Waals surface area contributed by atoms with Gasteiger partial charge in [-0.05, 0) is 30.5 Å². The molecule has 0 bridgehead atoms. The van der Waals surface area contributed by atoms with Gasteiger partial charge in [0.05, 0.1) is 13.5 Å². The number of carboxylic acids is 1. The Morgan fingerprint density at radius 2 is 1.96 bits per heavy atom. The molecule has 1 amide bonds. The van der Waals surface area contributed by atoms with Crippen LogP contribution in [0.5, 0.6) is 5.75 Å². The summed E-state index contributed by atoms with van der Waals surface area (Å²) in [6, 6.07) is 4.33. The Morgan fingerprint density at radius 3 is 2.48 bits per heavy atom. The number of aliphatic carboxylic acids is 1. The van der Waals surface area contributed by atoms with Gasteiger partial charge in [0.1, 0.15) is 5.54 Å². The van der Waals surface area contributed by atoms with Crippen LogP contribution < -0.4 is 4.74 Å². The third-order valence-electron chi connectivity index (χ3n) is 4.67. The zero-order valence-electron chi connectivity index (χ0n) is 13.5. The summed E-state index contributed by atoms with van der Waals surface area (Å²) in [7, 11) is 2.90. The molecule has 1 fully saturated rings. The van der Waals surface area contributed by atoms with E-state index in [1.807, 2.05) is 0 Å². The first kappa shape index (κ1) is 17.2. The van der Waals surface area contributed by atoms with E-state index in [4.69, 9.17) is 4.74 Å². The lowest BCUT2D eigenvalue weighted by atomic mass is 9.80. The highest BCUT2D eigenvalue weighted by Gasteiger charge is 2.45. The fourth-order valence-electron chi connectivity index (χ4n) is 3.18. The third-order valence-corrected chi connectivity index (χ3v) is 4.67. The van der Waals surface area contributed by atoms with Crippen molar-refractivity contribution in [2.75, 3.05) is 14.2 Å². The van der Waals surface area contributed by atoms with E-state index in [9.17, 15) is 19.1 Å². The maximum absolute atomic E-state index is 13.7. The predicted octanol–water partition coefficient (Wildman–Crippen LogP) is 2.62. The summed E-state index contributed by atoms with van der Waals surface area (Å²) in [4.78, 5) is 25.6. The number of amides is 1. The molecule has 0 aliphatic heterocycles. The molecule has 1 aliphatic carbocycles. The van der Waals surface area contributed by atoms with Gasteiger partial charge in [-0.1, -0.05) is 25.3 Å². The second kappa shape index (κ2) is 6.98. The molecule has 0 aromatic heterocycles. The van der Waals surface area contributed by atoms with Gasteiger partial charge in [0.25, 0.3) is 0 Å². The molecule has 5 nitrogen and oxygen atoms in total. The quantitative estimate of drug-likeness (QED) is 0.904.